The van der Waals surface area contributed by atoms with Crippen LogP contribution in [0, 0.1) is 0 Å². The number of aryl methyl sites for hydroxylation is 1. The third-order valence-corrected chi connectivity index (χ3v) is 6.56. The number of likely N-dealkylation sites (tertiary alicyclic amines) is 1. The second-order valence-corrected chi connectivity index (χ2v) is 9.61. The second-order valence-electron chi connectivity index (χ2n) is 9.61. The molecule has 1 heterocycles. The minimum absolute atomic E-state index is 0.0780. The molecule has 39 heavy (non-hydrogen) atoms. The number of hydrogen-bond acceptors (Lipinski definition) is 7. The van der Waals surface area contributed by atoms with Crippen molar-refractivity contribution in [3.63, 3.8) is 0 Å². The molecule has 1 N–H and O–H groups in total. The van der Waals surface area contributed by atoms with Crippen LogP contribution in [-0.4, -0.2) is 57.6 Å². The number of anilines is 1. The molecule has 210 valence electrons. The van der Waals surface area contributed by atoms with Crippen LogP contribution in [-0.2, 0) is 6.42 Å². The van der Waals surface area contributed by atoms with Crippen molar-refractivity contribution < 1.29 is 28.5 Å². The monoisotopic (exact) mass is 536 g/mol. The minimum Gasteiger partial charge on any atom is -0.493 e. The Morgan fingerprint density at radius 1 is 1.00 bits per heavy atom. The summed E-state index contributed by atoms with van der Waals surface area (Å²) in [6, 6.07) is 7.13. The lowest BCUT2D eigenvalue weighted by atomic mass is 10.1. The maximum absolute atomic E-state index is 13.2. The number of carbonyl (C=O) groups excluding carboxylic acids is 2. The highest BCUT2D eigenvalue weighted by molar-refractivity contribution is 6.01. The number of nitrogens with zero attached hydrogens (tertiary/aromatic N) is 1. The first-order chi connectivity index (χ1) is 18.8. The molecule has 2 aromatic carbocycles. The molecule has 0 atom stereocenters. The second kappa shape index (κ2) is 14.3. The summed E-state index contributed by atoms with van der Waals surface area (Å²) in [5.41, 5.74) is 4.47. The zero-order valence-electron chi connectivity index (χ0n) is 23.6. The molecule has 1 fully saturated rings. The Hall–Kier alpha value is -3.94. The Kier molecular flexibility index (Phi) is 10.8. The maximum Gasteiger partial charge on any atom is 0.256 e. The van der Waals surface area contributed by atoms with Crippen molar-refractivity contribution in [2.45, 2.75) is 46.0 Å². The van der Waals surface area contributed by atoms with Crippen LogP contribution in [0.1, 0.15) is 65.8 Å². The van der Waals surface area contributed by atoms with Crippen molar-refractivity contribution in [1.29, 1.82) is 0 Å². The summed E-state index contributed by atoms with van der Waals surface area (Å²) in [6.45, 7) is 14.0. The van der Waals surface area contributed by atoms with Gasteiger partial charge in [0.2, 0.25) is 0 Å². The van der Waals surface area contributed by atoms with Gasteiger partial charge in [-0.3, -0.25) is 9.59 Å². The molecule has 2 aromatic rings. The van der Waals surface area contributed by atoms with Crippen molar-refractivity contribution >= 4 is 17.9 Å². The van der Waals surface area contributed by atoms with Gasteiger partial charge in [-0.2, -0.15) is 0 Å². The van der Waals surface area contributed by atoms with Crippen LogP contribution in [0.25, 0.3) is 0 Å². The number of aldehydes is 1. The van der Waals surface area contributed by atoms with Gasteiger partial charge in [-0.25, -0.2) is 0 Å². The summed E-state index contributed by atoms with van der Waals surface area (Å²) < 4.78 is 23.0. The number of methoxy groups -OCH3 is 2. The Morgan fingerprint density at radius 3 is 2.18 bits per heavy atom. The van der Waals surface area contributed by atoms with Crippen molar-refractivity contribution in [2.75, 3.05) is 45.8 Å². The van der Waals surface area contributed by atoms with Crippen molar-refractivity contribution in [2.24, 2.45) is 0 Å². The van der Waals surface area contributed by atoms with Gasteiger partial charge in [-0.15, -0.1) is 0 Å². The van der Waals surface area contributed by atoms with Gasteiger partial charge in [0.05, 0.1) is 38.7 Å². The molecule has 1 amide bonds. The number of ether oxygens (including phenoxy) is 4. The van der Waals surface area contributed by atoms with Crippen molar-refractivity contribution in [3.05, 3.63) is 65.4 Å². The van der Waals surface area contributed by atoms with Gasteiger partial charge < -0.3 is 29.2 Å². The summed E-state index contributed by atoms with van der Waals surface area (Å²) in [5, 5.41) is 3.19. The van der Waals surface area contributed by atoms with Crippen LogP contribution in [0.4, 0.5) is 5.69 Å². The molecule has 0 saturated carbocycles. The van der Waals surface area contributed by atoms with E-state index in [4.69, 9.17) is 18.9 Å². The van der Waals surface area contributed by atoms with Crippen LogP contribution in [0.3, 0.4) is 0 Å². The molecule has 1 saturated heterocycles. The van der Waals surface area contributed by atoms with Crippen molar-refractivity contribution in [1.82, 2.24) is 4.90 Å². The van der Waals surface area contributed by atoms with E-state index in [1.807, 2.05) is 19.9 Å². The fraction of sp³-hybridized carbons (Fsp3) is 0.419. The van der Waals surface area contributed by atoms with Crippen LogP contribution < -0.4 is 24.3 Å². The quantitative estimate of drug-likeness (QED) is 0.168. The van der Waals surface area contributed by atoms with Crippen LogP contribution in [0.5, 0.6) is 23.0 Å². The highest BCUT2D eigenvalue weighted by Gasteiger charge is 2.25. The number of hydrogen-bond donors (Lipinski definition) is 1. The summed E-state index contributed by atoms with van der Waals surface area (Å²) in [6.07, 6.45) is 4.93. The summed E-state index contributed by atoms with van der Waals surface area (Å²) in [5.74, 6) is 2.19. The molecule has 0 aromatic heterocycles. The van der Waals surface area contributed by atoms with Crippen LogP contribution >= 0.6 is 0 Å². The fourth-order valence-electron chi connectivity index (χ4n) is 4.46. The first kappa shape index (κ1) is 29.6. The lowest BCUT2D eigenvalue weighted by molar-refractivity contribution is 0.0796. The van der Waals surface area contributed by atoms with E-state index in [-0.39, 0.29) is 5.91 Å². The van der Waals surface area contributed by atoms with Gasteiger partial charge in [-0.1, -0.05) is 25.7 Å². The molecule has 0 spiro atoms. The van der Waals surface area contributed by atoms with Crippen LogP contribution in [0.2, 0.25) is 0 Å². The fourth-order valence-corrected chi connectivity index (χ4v) is 4.46. The molecule has 0 bridgehead atoms. The highest BCUT2D eigenvalue weighted by Crippen LogP contribution is 2.36. The zero-order chi connectivity index (χ0) is 28.4. The van der Waals surface area contributed by atoms with Gasteiger partial charge in [-0.05, 0) is 62.8 Å². The molecule has 1 aliphatic rings. The number of benzene rings is 2. The van der Waals surface area contributed by atoms with Gasteiger partial charge in [0.1, 0.15) is 6.29 Å². The van der Waals surface area contributed by atoms with E-state index < -0.39 is 0 Å². The molecule has 1 aliphatic heterocycles. The number of nitrogens with one attached hydrogen (secondary N) is 1. The normalized spacial score (nSPS) is 12.7. The predicted molar refractivity (Wildman–Crippen MR) is 154 cm³/mol. The lowest BCUT2D eigenvalue weighted by Gasteiger charge is -2.21. The third-order valence-electron chi connectivity index (χ3n) is 6.56. The molecular formula is C31H40N2O6. The van der Waals surface area contributed by atoms with Gasteiger partial charge in [0.15, 0.2) is 23.0 Å². The van der Waals surface area contributed by atoms with Gasteiger partial charge in [0, 0.05) is 30.4 Å². The van der Waals surface area contributed by atoms with E-state index in [2.05, 4.69) is 18.5 Å². The molecule has 0 radical (unpaired) electrons. The molecule has 0 aliphatic carbocycles. The number of rotatable bonds is 15. The zero-order valence-corrected chi connectivity index (χ0v) is 23.6. The molecule has 3 rings (SSSR count). The van der Waals surface area contributed by atoms with E-state index in [0.29, 0.717) is 66.1 Å². The van der Waals surface area contributed by atoms with Crippen molar-refractivity contribution in [3.8, 4) is 23.0 Å². The number of carbonyl (C=O) groups is 2. The summed E-state index contributed by atoms with van der Waals surface area (Å²) in [7, 11) is 3.13. The van der Waals surface area contributed by atoms with Gasteiger partial charge in [0.25, 0.3) is 5.91 Å². The lowest BCUT2D eigenvalue weighted by Crippen LogP contribution is -2.28. The van der Waals surface area contributed by atoms with E-state index in [9.17, 15) is 9.59 Å². The van der Waals surface area contributed by atoms with E-state index in [0.717, 1.165) is 55.2 Å². The van der Waals surface area contributed by atoms with E-state index in [1.165, 1.54) is 0 Å². The van der Waals surface area contributed by atoms with Gasteiger partial charge >= 0.3 is 0 Å². The number of allylic oxidation sites excluding steroid dienone is 1. The van der Waals surface area contributed by atoms with Crippen LogP contribution in [0.15, 0.2) is 48.7 Å². The maximum atomic E-state index is 13.2. The SMILES string of the molecule is C=C1CCN(C(=O)c2cc(OC)c(OCCCCCOc3cc(CC)c(C=O)cc3OC)cc2NC(=C)C)C1. The first-order valence-corrected chi connectivity index (χ1v) is 13.3. The Balaban J connectivity index is 1.57. The number of amides is 1. The standard InChI is InChI=1S/C31H40N2O6/c1-7-23-15-29(27(36-5)16-24(23)20-34)38-13-9-8-10-14-39-30-18-26(32-21(2)3)25(17-28(30)37-6)31(35)33-12-11-22(4)19-33/h15-18,20,32H,2,4,7-14,19H2,1,3,5-6H3. The Morgan fingerprint density at radius 2 is 1.64 bits per heavy atom. The molecule has 0 unspecified atom stereocenters. The summed E-state index contributed by atoms with van der Waals surface area (Å²) in [4.78, 5) is 26.3. The highest BCUT2D eigenvalue weighted by atomic mass is 16.5. The Bertz CT molecular complexity index is 1210. The molecule has 8 nitrogen and oxygen atoms in total. The minimum atomic E-state index is -0.0780. The van der Waals surface area contributed by atoms with E-state index >= 15 is 0 Å². The topological polar surface area (TPSA) is 86.3 Å². The summed E-state index contributed by atoms with van der Waals surface area (Å²) >= 11 is 0. The predicted octanol–water partition coefficient (Wildman–Crippen LogP) is 6.05. The average molecular weight is 537 g/mol. The molecular weight excluding hydrogens is 496 g/mol. The average Bonchev–Trinajstić information content (AvgIpc) is 3.37. The first-order valence-electron chi connectivity index (χ1n) is 13.3. The molecule has 8 heteroatoms. The largest absolute Gasteiger partial charge is 0.493 e. The third kappa shape index (κ3) is 7.78. The number of unbranched alkanes of at least 4 members (excludes halogenated alkanes) is 2. The Labute approximate surface area is 231 Å². The smallest absolute Gasteiger partial charge is 0.256 e. The van der Waals surface area contributed by atoms with E-state index in [1.54, 1.807) is 37.3 Å².